The highest BCUT2D eigenvalue weighted by Crippen LogP contribution is 2.31. The van der Waals surface area contributed by atoms with Crippen LogP contribution in [0.1, 0.15) is 0 Å². The number of nitrogens with zero attached hydrogens (tertiary/aromatic N) is 4. The summed E-state index contributed by atoms with van der Waals surface area (Å²) in [6, 6.07) is 13.9. The van der Waals surface area contributed by atoms with E-state index in [1.807, 2.05) is 18.2 Å². The van der Waals surface area contributed by atoms with E-state index in [9.17, 15) is 9.59 Å². The van der Waals surface area contributed by atoms with Gasteiger partial charge in [0, 0.05) is 43.5 Å². The molecular weight excluding hydrogens is 479 g/mol. The molecule has 1 aliphatic rings. The summed E-state index contributed by atoms with van der Waals surface area (Å²) in [6.45, 7) is 2.23. The first kappa shape index (κ1) is 23.9. The van der Waals surface area contributed by atoms with Crippen LogP contribution in [0.4, 0.5) is 5.69 Å². The maximum Gasteiger partial charge on any atom is 0.267 e. The van der Waals surface area contributed by atoms with E-state index < -0.39 is 0 Å². The fourth-order valence-corrected chi connectivity index (χ4v) is 4.13. The second kappa shape index (κ2) is 10.4. The smallest absolute Gasteiger partial charge is 0.267 e. The Balaban J connectivity index is 1.44. The van der Waals surface area contributed by atoms with E-state index in [0.29, 0.717) is 53.4 Å². The monoisotopic (exact) mass is 502 g/mol. The summed E-state index contributed by atoms with van der Waals surface area (Å²) in [5.41, 5.74) is 1.92. The standard InChI is InChI=1S/C24H24Cl2N4O4/c1-33-21-7-3-16(13-22(21)34-2)20-6-8-23(31)30(27-20)15-24(32)29-11-9-28(10-12-29)17-4-5-18(25)19(26)14-17/h3-8,13-14H,9-12,15H2,1-2H3. The molecule has 8 nitrogen and oxygen atoms in total. The first-order valence-electron chi connectivity index (χ1n) is 10.7. The molecule has 0 unspecified atom stereocenters. The minimum absolute atomic E-state index is 0.132. The molecule has 2 aromatic carbocycles. The number of aromatic nitrogens is 2. The zero-order chi connectivity index (χ0) is 24.2. The van der Waals surface area contributed by atoms with Crippen molar-refractivity contribution in [1.82, 2.24) is 14.7 Å². The van der Waals surface area contributed by atoms with E-state index in [-0.39, 0.29) is 18.0 Å². The number of benzene rings is 2. The number of halogens is 2. The van der Waals surface area contributed by atoms with Crippen molar-refractivity contribution >= 4 is 34.8 Å². The molecule has 178 valence electrons. The summed E-state index contributed by atoms with van der Waals surface area (Å²) in [6.07, 6.45) is 0. The third-order valence-corrected chi connectivity index (χ3v) is 6.47. The van der Waals surface area contributed by atoms with Crippen LogP contribution in [0.5, 0.6) is 11.5 Å². The van der Waals surface area contributed by atoms with E-state index >= 15 is 0 Å². The van der Waals surface area contributed by atoms with Crippen LogP contribution in [0.2, 0.25) is 10.0 Å². The Hall–Kier alpha value is -3.23. The molecule has 1 amide bonds. The molecule has 0 N–H and O–H groups in total. The van der Waals surface area contributed by atoms with E-state index in [1.54, 1.807) is 43.4 Å². The molecule has 0 atom stereocenters. The Morgan fingerprint density at radius 2 is 1.65 bits per heavy atom. The molecule has 1 aliphatic heterocycles. The van der Waals surface area contributed by atoms with Crippen LogP contribution in [0.3, 0.4) is 0 Å². The van der Waals surface area contributed by atoms with Crippen LogP contribution in [0, 0.1) is 0 Å². The Bertz CT molecular complexity index is 1260. The number of hydrogen-bond donors (Lipinski definition) is 0. The van der Waals surface area contributed by atoms with Crippen molar-refractivity contribution in [2.24, 2.45) is 0 Å². The van der Waals surface area contributed by atoms with Crippen molar-refractivity contribution in [3.63, 3.8) is 0 Å². The van der Waals surface area contributed by atoms with Gasteiger partial charge in [-0.05, 0) is 42.5 Å². The summed E-state index contributed by atoms with van der Waals surface area (Å²) in [7, 11) is 3.11. The summed E-state index contributed by atoms with van der Waals surface area (Å²) < 4.78 is 11.8. The minimum atomic E-state index is -0.341. The van der Waals surface area contributed by atoms with Gasteiger partial charge in [0.2, 0.25) is 5.91 Å². The molecule has 0 aliphatic carbocycles. The topological polar surface area (TPSA) is 76.9 Å². The first-order chi connectivity index (χ1) is 16.4. The Labute approximate surface area is 207 Å². The number of methoxy groups -OCH3 is 2. The first-order valence-corrected chi connectivity index (χ1v) is 11.4. The Morgan fingerprint density at radius 3 is 2.32 bits per heavy atom. The van der Waals surface area contributed by atoms with Crippen LogP contribution in [-0.4, -0.2) is 61.0 Å². The molecule has 0 radical (unpaired) electrons. The van der Waals surface area contributed by atoms with Crippen LogP contribution < -0.4 is 19.9 Å². The number of carbonyl (C=O) groups excluding carboxylic acids is 1. The van der Waals surface area contributed by atoms with Gasteiger partial charge in [-0.3, -0.25) is 9.59 Å². The highest BCUT2D eigenvalue weighted by molar-refractivity contribution is 6.42. The molecule has 2 heterocycles. The summed E-state index contributed by atoms with van der Waals surface area (Å²) in [4.78, 5) is 29.2. The molecule has 0 saturated carbocycles. The lowest BCUT2D eigenvalue weighted by Crippen LogP contribution is -2.50. The van der Waals surface area contributed by atoms with Gasteiger partial charge < -0.3 is 19.3 Å². The van der Waals surface area contributed by atoms with Gasteiger partial charge in [0.25, 0.3) is 5.56 Å². The van der Waals surface area contributed by atoms with Crippen molar-refractivity contribution in [3.8, 4) is 22.8 Å². The van der Waals surface area contributed by atoms with Crippen LogP contribution in [0.25, 0.3) is 11.3 Å². The van der Waals surface area contributed by atoms with E-state index in [2.05, 4.69) is 10.00 Å². The van der Waals surface area contributed by atoms with Crippen molar-refractivity contribution in [1.29, 1.82) is 0 Å². The fraction of sp³-hybridized carbons (Fsp3) is 0.292. The molecular formula is C24H24Cl2N4O4. The number of ether oxygens (including phenoxy) is 2. The van der Waals surface area contributed by atoms with Gasteiger partial charge in [-0.25, -0.2) is 4.68 Å². The average molecular weight is 503 g/mol. The number of amides is 1. The normalized spacial score (nSPS) is 13.6. The van der Waals surface area contributed by atoms with Gasteiger partial charge in [0.15, 0.2) is 11.5 Å². The number of piperazine rings is 1. The second-order valence-corrected chi connectivity index (χ2v) is 8.56. The van der Waals surface area contributed by atoms with E-state index in [4.69, 9.17) is 32.7 Å². The van der Waals surface area contributed by atoms with Crippen molar-refractivity contribution in [2.45, 2.75) is 6.54 Å². The third-order valence-electron chi connectivity index (χ3n) is 5.73. The lowest BCUT2D eigenvalue weighted by molar-refractivity contribution is -0.132. The second-order valence-electron chi connectivity index (χ2n) is 7.75. The number of hydrogen-bond acceptors (Lipinski definition) is 6. The molecule has 4 rings (SSSR count). The Kier molecular flexibility index (Phi) is 7.29. The summed E-state index contributed by atoms with van der Waals surface area (Å²) in [5.74, 6) is 0.984. The average Bonchev–Trinajstić information content (AvgIpc) is 2.86. The molecule has 10 heteroatoms. The van der Waals surface area contributed by atoms with E-state index in [0.717, 1.165) is 11.3 Å². The molecule has 34 heavy (non-hydrogen) atoms. The van der Waals surface area contributed by atoms with Crippen molar-refractivity contribution in [3.05, 3.63) is 68.9 Å². The predicted molar refractivity (Wildman–Crippen MR) is 132 cm³/mol. The highest BCUT2D eigenvalue weighted by Gasteiger charge is 2.22. The predicted octanol–water partition coefficient (Wildman–Crippen LogP) is 3.58. The zero-order valence-electron chi connectivity index (χ0n) is 18.8. The number of rotatable bonds is 6. The van der Waals surface area contributed by atoms with Gasteiger partial charge in [0.05, 0.1) is 30.0 Å². The lowest BCUT2D eigenvalue weighted by Gasteiger charge is -2.36. The van der Waals surface area contributed by atoms with E-state index in [1.165, 1.54) is 10.7 Å². The number of anilines is 1. The van der Waals surface area contributed by atoms with Gasteiger partial charge in [-0.2, -0.15) is 5.10 Å². The molecule has 0 bridgehead atoms. The number of carbonyl (C=O) groups is 1. The quantitative estimate of drug-likeness (QED) is 0.512. The third kappa shape index (κ3) is 5.13. The van der Waals surface area contributed by atoms with Gasteiger partial charge >= 0.3 is 0 Å². The molecule has 1 saturated heterocycles. The minimum Gasteiger partial charge on any atom is -0.493 e. The van der Waals surface area contributed by atoms with Crippen LogP contribution >= 0.6 is 23.2 Å². The highest BCUT2D eigenvalue weighted by atomic mass is 35.5. The van der Waals surface area contributed by atoms with Gasteiger partial charge in [-0.1, -0.05) is 23.2 Å². The van der Waals surface area contributed by atoms with Gasteiger partial charge in [0.1, 0.15) is 6.54 Å². The lowest BCUT2D eigenvalue weighted by atomic mass is 10.1. The fourth-order valence-electron chi connectivity index (χ4n) is 3.84. The van der Waals surface area contributed by atoms with Crippen LogP contribution in [-0.2, 0) is 11.3 Å². The SMILES string of the molecule is COc1ccc(-c2ccc(=O)n(CC(=O)N3CCN(c4ccc(Cl)c(Cl)c4)CC3)n2)cc1OC. The molecule has 1 fully saturated rings. The van der Waals surface area contributed by atoms with Crippen LogP contribution in [0.15, 0.2) is 53.3 Å². The maximum absolute atomic E-state index is 12.9. The van der Waals surface area contributed by atoms with Crippen molar-refractivity contribution < 1.29 is 14.3 Å². The Morgan fingerprint density at radius 1 is 0.912 bits per heavy atom. The summed E-state index contributed by atoms with van der Waals surface area (Å²) in [5, 5.41) is 5.42. The molecule has 0 spiro atoms. The zero-order valence-corrected chi connectivity index (χ0v) is 20.3. The van der Waals surface area contributed by atoms with Crippen molar-refractivity contribution in [2.75, 3.05) is 45.3 Å². The largest absolute Gasteiger partial charge is 0.493 e. The molecule has 1 aromatic heterocycles. The summed E-state index contributed by atoms with van der Waals surface area (Å²) >= 11 is 12.1. The molecule has 3 aromatic rings. The van der Waals surface area contributed by atoms with Gasteiger partial charge in [-0.15, -0.1) is 0 Å². The maximum atomic E-state index is 12.9.